The summed E-state index contributed by atoms with van der Waals surface area (Å²) in [6.45, 7) is 2.11. The largest absolute Gasteiger partial charge is 0.454 e. The maximum Gasteiger partial charge on any atom is 0.414 e. The van der Waals surface area contributed by atoms with E-state index in [9.17, 15) is 14.4 Å². The third kappa shape index (κ3) is 6.03. The van der Waals surface area contributed by atoms with Gasteiger partial charge in [-0.05, 0) is 49.2 Å². The van der Waals surface area contributed by atoms with Crippen LogP contribution >= 0.6 is 34.5 Å². The fourth-order valence-electron chi connectivity index (χ4n) is 3.47. The summed E-state index contributed by atoms with van der Waals surface area (Å²) in [4.78, 5) is 42.1. The lowest BCUT2D eigenvalue weighted by atomic mass is 9.99. The monoisotopic (exact) mass is 572 g/mol. The lowest BCUT2D eigenvalue weighted by molar-refractivity contribution is -0.114. The van der Waals surface area contributed by atoms with Gasteiger partial charge in [0.15, 0.2) is 10.9 Å². The first kappa shape index (κ1) is 26.9. The van der Waals surface area contributed by atoms with Crippen LogP contribution in [0.3, 0.4) is 0 Å². The van der Waals surface area contributed by atoms with Crippen LogP contribution in [0.5, 0.6) is 11.5 Å². The number of halogens is 2. The summed E-state index contributed by atoms with van der Waals surface area (Å²) in [5.41, 5.74) is 3.52. The van der Waals surface area contributed by atoms with E-state index in [4.69, 9.17) is 33.2 Å². The van der Waals surface area contributed by atoms with E-state index in [0.717, 1.165) is 5.56 Å². The number of aromatic nitrogens is 1. The van der Waals surface area contributed by atoms with Gasteiger partial charge in [-0.15, -0.1) is 11.3 Å². The summed E-state index contributed by atoms with van der Waals surface area (Å²) in [5.74, 6) is -0.581. The molecule has 3 amide bonds. The van der Waals surface area contributed by atoms with Crippen molar-refractivity contribution in [1.29, 1.82) is 5.26 Å². The topological polar surface area (TPSA) is 146 Å². The molecule has 0 bridgehead atoms. The maximum absolute atomic E-state index is 12.9. The smallest absolute Gasteiger partial charge is 0.414 e. The van der Waals surface area contributed by atoms with E-state index in [1.807, 2.05) is 10.7 Å². The highest BCUT2D eigenvalue weighted by Gasteiger charge is 2.27. The van der Waals surface area contributed by atoms with E-state index < -0.39 is 17.7 Å². The number of thiazole rings is 1. The van der Waals surface area contributed by atoms with Crippen molar-refractivity contribution in [3.63, 3.8) is 0 Å². The maximum atomic E-state index is 12.9. The summed E-state index contributed by atoms with van der Waals surface area (Å²) in [6, 6.07) is 9.53. The van der Waals surface area contributed by atoms with Crippen LogP contribution in [-0.2, 0) is 16.0 Å². The van der Waals surface area contributed by atoms with E-state index in [-0.39, 0.29) is 34.0 Å². The van der Waals surface area contributed by atoms with Crippen LogP contribution in [0.1, 0.15) is 22.8 Å². The number of amides is 3. The number of hydrogen-bond donors (Lipinski definition) is 2. The number of nitriles is 1. The number of rotatable bonds is 7. The Morgan fingerprint density at radius 3 is 2.68 bits per heavy atom. The minimum atomic E-state index is -1.05. The molecule has 0 saturated carbocycles. The van der Waals surface area contributed by atoms with Gasteiger partial charge in [-0.2, -0.15) is 10.4 Å². The van der Waals surface area contributed by atoms with Crippen LogP contribution in [-0.4, -0.2) is 41.8 Å². The zero-order valence-electron chi connectivity index (χ0n) is 19.7. The van der Waals surface area contributed by atoms with Crippen molar-refractivity contribution in [3.8, 4) is 17.6 Å². The second-order valence-corrected chi connectivity index (χ2v) is 9.26. The van der Waals surface area contributed by atoms with Crippen molar-refractivity contribution in [2.45, 2.75) is 13.3 Å². The van der Waals surface area contributed by atoms with E-state index in [1.54, 1.807) is 42.3 Å². The molecule has 2 N–H and O–H groups in total. The van der Waals surface area contributed by atoms with Crippen LogP contribution in [0, 0.1) is 11.3 Å². The van der Waals surface area contributed by atoms with Crippen molar-refractivity contribution in [1.82, 2.24) is 10.3 Å². The molecule has 4 rings (SSSR count). The van der Waals surface area contributed by atoms with Crippen molar-refractivity contribution in [2.75, 3.05) is 23.5 Å². The first-order chi connectivity index (χ1) is 18.3. The average Bonchev–Trinajstić information content (AvgIpc) is 3.41. The van der Waals surface area contributed by atoms with Gasteiger partial charge in [0.1, 0.15) is 11.8 Å². The summed E-state index contributed by atoms with van der Waals surface area (Å²) in [6.07, 6.45) is 1.27. The molecule has 0 radical (unpaired) electrons. The van der Waals surface area contributed by atoms with E-state index in [0.29, 0.717) is 29.4 Å². The molecule has 0 spiro atoms. The molecule has 3 aromatic rings. The second kappa shape index (κ2) is 11.9. The number of hydrogen-bond acceptors (Lipinski definition) is 10. The molecule has 2 heterocycles. The highest BCUT2D eigenvalue weighted by Crippen LogP contribution is 2.39. The molecular weight excluding hydrogens is 555 g/mol. The Kier molecular flexibility index (Phi) is 8.42. The molecule has 1 aromatic heterocycles. The molecule has 11 nitrogen and oxygen atoms in total. The second-order valence-electron chi connectivity index (χ2n) is 7.57. The predicted molar refractivity (Wildman–Crippen MR) is 142 cm³/mol. The molecule has 194 valence electrons. The highest BCUT2D eigenvalue weighted by atomic mass is 35.5. The van der Waals surface area contributed by atoms with Crippen molar-refractivity contribution in [3.05, 3.63) is 63.1 Å². The van der Waals surface area contributed by atoms with Gasteiger partial charge in [0.25, 0.3) is 11.8 Å². The van der Waals surface area contributed by atoms with Crippen LogP contribution in [0.25, 0.3) is 0 Å². The van der Waals surface area contributed by atoms with Crippen molar-refractivity contribution in [2.24, 2.45) is 5.10 Å². The zero-order valence-corrected chi connectivity index (χ0v) is 22.0. The molecule has 14 heteroatoms. The quantitative estimate of drug-likeness (QED) is 0.296. The average molecular weight is 573 g/mol. The lowest BCUT2D eigenvalue weighted by Crippen LogP contribution is -2.37. The summed E-state index contributed by atoms with van der Waals surface area (Å²) >= 11 is 14.1. The van der Waals surface area contributed by atoms with Crippen LogP contribution in [0.2, 0.25) is 10.0 Å². The number of nitrogens with one attached hydrogen (secondary N) is 2. The Labute approximate surface area is 230 Å². The molecule has 2 aromatic carbocycles. The first-order valence-corrected chi connectivity index (χ1v) is 12.7. The summed E-state index contributed by atoms with van der Waals surface area (Å²) < 4.78 is 10.5. The lowest BCUT2D eigenvalue weighted by Gasteiger charge is -2.26. The number of nitrogens with zero attached hydrogens (tertiary/aromatic N) is 4. The van der Waals surface area contributed by atoms with Crippen molar-refractivity contribution < 1.29 is 23.9 Å². The number of alkyl carbamates (subject to hydrolysis) is 1. The minimum absolute atomic E-state index is 0.0529. The minimum Gasteiger partial charge on any atom is -0.454 e. The van der Waals surface area contributed by atoms with Gasteiger partial charge in [-0.25, -0.2) is 9.78 Å². The number of fused-ring (bicyclic) bond motifs is 1. The SMILES string of the molecule is CCOC(=O)NC(=O)C(C#N)=NNc1cc(Cl)c(Oc2ccc3c(c2)CCN(c2nccs2)C3=O)c(Cl)c1. The van der Waals surface area contributed by atoms with Gasteiger partial charge in [0, 0.05) is 23.7 Å². The number of anilines is 2. The summed E-state index contributed by atoms with van der Waals surface area (Å²) in [5, 5.41) is 17.4. The zero-order chi connectivity index (χ0) is 27.2. The molecule has 1 aliphatic heterocycles. The van der Waals surface area contributed by atoms with Gasteiger partial charge in [-0.1, -0.05) is 23.2 Å². The van der Waals surface area contributed by atoms with E-state index in [2.05, 4.69) is 20.2 Å². The van der Waals surface area contributed by atoms with Gasteiger partial charge in [0.05, 0.1) is 22.3 Å². The molecular formula is C24H18Cl2N6O5S. The molecule has 38 heavy (non-hydrogen) atoms. The Balaban J connectivity index is 1.47. The number of carbonyl (C=O) groups is 3. The fourth-order valence-corrected chi connectivity index (χ4v) is 4.70. The van der Waals surface area contributed by atoms with Gasteiger partial charge < -0.3 is 9.47 Å². The van der Waals surface area contributed by atoms with E-state index >= 15 is 0 Å². The molecule has 0 aliphatic carbocycles. The Bertz CT molecular complexity index is 1450. The predicted octanol–water partition coefficient (Wildman–Crippen LogP) is 5.01. The number of benzene rings is 2. The van der Waals surface area contributed by atoms with Crippen LogP contribution in [0.4, 0.5) is 15.6 Å². The highest BCUT2D eigenvalue weighted by molar-refractivity contribution is 7.13. The van der Waals surface area contributed by atoms with Crippen LogP contribution in [0.15, 0.2) is 47.0 Å². The number of carbonyl (C=O) groups excluding carboxylic acids is 3. The Hall–Kier alpha value is -4.18. The third-order valence-electron chi connectivity index (χ3n) is 5.13. The van der Waals surface area contributed by atoms with Crippen molar-refractivity contribution >= 4 is 69.0 Å². The normalized spacial score (nSPS) is 12.8. The van der Waals surface area contributed by atoms with Gasteiger partial charge in [-0.3, -0.25) is 25.2 Å². The number of hydrazone groups is 1. The number of imide groups is 1. The fraction of sp³-hybridized carbons (Fsp3) is 0.167. The molecule has 0 unspecified atom stereocenters. The molecule has 0 saturated heterocycles. The van der Waals surface area contributed by atoms with Crippen LogP contribution < -0.4 is 20.4 Å². The Morgan fingerprint density at radius 1 is 1.26 bits per heavy atom. The molecule has 0 atom stereocenters. The molecule has 1 aliphatic rings. The van der Waals surface area contributed by atoms with Gasteiger partial charge >= 0.3 is 6.09 Å². The standard InChI is InChI=1S/C24H18Cl2N6O5S/c1-2-36-24(35)29-21(33)19(12-27)31-30-14-10-17(25)20(18(26)11-14)37-15-3-4-16-13(9-15)5-7-32(22(16)34)23-28-6-8-38-23/h3-4,6,8-11,30H,2,5,7H2,1H3,(H,29,33,35). The summed E-state index contributed by atoms with van der Waals surface area (Å²) in [7, 11) is 0. The van der Waals surface area contributed by atoms with Gasteiger partial charge in [0.2, 0.25) is 5.71 Å². The third-order valence-corrected chi connectivity index (χ3v) is 6.49. The Morgan fingerprint density at radius 2 is 2.03 bits per heavy atom. The molecule has 0 fully saturated rings. The van der Waals surface area contributed by atoms with E-state index in [1.165, 1.54) is 23.5 Å². The first-order valence-electron chi connectivity index (χ1n) is 11.0. The number of ether oxygens (including phenoxy) is 2.